The number of thioether (sulfide) groups is 1. The summed E-state index contributed by atoms with van der Waals surface area (Å²) in [5.74, 6) is 0.905. The fourth-order valence-electron chi connectivity index (χ4n) is 3.46. The van der Waals surface area contributed by atoms with E-state index in [0.717, 1.165) is 17.5 Å². The number of aliphatic imine (C=N–C) groups is 1. The highest BCUT2D eigenvalue weighted by atomic mass is 32.2. The molecule has 0 aliphatic rings. The minimum absolute atomic E-state index is 0.687. The van der Waals surface area contributed by atoms with Crippen molar-refractivity contribution < 1.29 is 0 Å². The first-order valence-electron chi connectivity index (χ1n) is 9.69. The zero-order chi connectivity index (χ0) is 19.2. The molecule has 0 saturated heterocycles. The standard InChI is InChI=1S/C25H24N2S/c1-2-26-25(27-17-21-13-7-11-19-9-3-5-15-23(19)21)28-18-22-14-8-12-20-10-4-6-16-24(20)22/h3-16H,2,17-18H2,1H3,(H,26,27). The van der Waals surface area contributed by atoms with Crippen LogP contribution in [0, 0.1) is 0 Å². The SMILES string of the molecule is CCNC(=NCc1cccc2ccccc12)SCc1cccc2ccccc12. The van der Waals surface area contributed by atoms with Gasteiger partial charge in [0.15, 0.2) is 5.17 Å². The maximum atomic E-state index is 4.90. The summed E-state index contributed by atoms with van der Waals surface area (Å²) in [7, 11) is 0. The molecule has 0 spiro atoms. The van der Waals surface area contributed by atoms with E-state index in [2.05, 4.69) is 97.2 Å². The first-order valence-corrected chi connectivity index (χ1v) is 10.7. The summed E-state index contributed by atoms with van der Waals surface area (Å²) >= 11 is 1.78. The Morgan fingerprint density at radius 3 is 2.00 bits per heavy atom. The highest BCUT2D eigenvalue weighted by Gasteiger charge is 2.05. The van der Waals surface area contributed by atoms with Crippen LogP contribution in [0.25, 0.3) is 21.5 Å². The molecule has 0 fully saturated rings. The smallest absolute Gasteiger partial charge is 0.157 e. The molecule has 4 aromatic carbocycles. The van der Waals surface area contributed by atoms with Crippen molar-refractivity contribution in [3.05, 3.63) is 96.1 Å². The molecule has 0 atom stereocenters. The maximum Gasteiger partial charge on any atom is 0.157 e. The number of fused-ring (bicyclic) bond motifs is 2. The van der Waals surface area contributed by atoms with E-state index in [9.17, 15) is 0 Å². The monoisotopic (exact) mass is 384 g/mol. The van der Waals surface area contributed by atoms with E-state index in [1.807, 2.05) is 0 Å². The van der Waals surface area contributed by atoms with Crippen molar-refractivity contribution in [1.29, 1.82) is 0 Å². The number of amidine groups is 1. The van der Waals surface area contributed by atoms with E-state index in [4.69, 9.17) is 4.99 Å². The summed E-state index contributed by atoms with van der Waals surface area (Å²) in [5, 5.41) is 9.60. The Labute approximate surface area is 170 Å². The van der Waals surface area contributed by atoms with Gasteiger partial charge in [-0.25, -0.2) is 0 Å². The highest BCUT2D eigenvalue weighted by molar-refractivity contribution is 8.13. The summed E-state index contributed by atoms with van der Waals surface area (Å²) in [6, 6.07) is 30.0. The molecule has 1 N–H and O–H groups in total. The Morgan fingerprint density at radius 2 is 1.32 bits per heavy atom. The van der Waals surface area contributed by atoms with Crippen LogP contribution in [0.1, 0.15) is 18.1 Å². The molecule has 4 rings (SSSR count). The number of hydrogen-bond acceptors (Lipinski definition) is 2. The predicted molar refractivity (Wildman–Crippen MR) is 124 cm³/mol. The molecular weight excluding hydrogens is 360 g/mol. The van der Waals surface area contributed by atoms with Crippen molar-refractivity contribution in [2.45, 2.75) is 19.2 Å². The summed E-state index contributed by atoms with van der Waals surface area (Å²) < 4.78 is 0. The third-order valence-electron chi connectivity index (χ3n) is 4.85. The number of nitrogens with one attached hydrogen (secondary N) is 1. The van der Waals surface area contributed by atoms with Gasteiger partial charge in [0.25, 0.3) is 0 Å². The van der Waals surface area contributed by atoms with Crippen LogP contribution < -0.4 is 5.32 Å². The van der Waals surface area contributed by atoms with Gasteiger partial charge in [0.05, 0.1) is 6.54 Å². The molecule has 0 bridgehead atoms. The Balaban J connectivity index is 1.53. The Hall–Kier alpha value is -2.78. The van der Waals surface area contributed by atoms with E-state index >= 15 is 0 Å². The van der Waals surface area contributed by atoms with Gasteiger partial charge in [-0.05, 0) is 39.6 Å². The van der Waals surface area contributed by atoms with E-state index in [-0.39, 0.29) is 0 Å². The van der Waals surface area contributed by atoms with Gasteiger partial charge in [0.2, 0.25) is 0 Å². The lowest BCUT2D eigenvalue weighted by atomic mass is 10.1. The maximum absolute atomic E-state index is 4.90. The molecule has 4 aromatic rings. The highest BCUT2D eigenvalue weighted by Crippen LogP contribution is 2.24. The third kappa shape index (κ3) is 4.20. The fraction of sp³-hybridized carbons (Fsp3) is 0.160. The molecule has 0 radical (unpaired) electrons. The molecule has 140 valence electrons. The van der Waals surface area contributed by atoms with Crippen molar-refractivity contribution in [3.63, 3.8) is 0 Å². The van der Waals surface area contributed by atoms with Crippen LogP contribution in [0.3, 0.4) is 0 Å². The van der Waals surface area contributed by atoms with Gasteiger partial charge in [0, 0.05) is 12.3 Å². The van der Waals surface area contributed by atoms with E-state index in [1.165, 1.54) is 32.7 Å². The molecule has 0 unspecified atom stereocenters. The normalized spacial score (nSPS) is 11.8. The second-order valence-electron chi connectivity index (χ2n) is 6.72. The molecule has 3 heteroatoms. The van der Waals surface area contributed by atoms with Crippen LogP contribution in [0.2, 0.25) is 0 Å². The number of nitrogens with zero attached hydrogens (tertiary/aromatic N) is 1. The number of hydrogen-bond donors (Lipinski definition) is 1. The van der Waals surface area contributed by atoms with Gasteiger partial charge in [0.1, 0.15) is 0 Å². The first kappa shape index (κ1) is 18.6. The van der Waals surface area contributed by atoms with Crippen molar-refractivity contribution in [1.82, 2.24) is 5.32 Å². The van der Waals surface area contributed by atoms with Crippen LogP contribution >= 0.6 is 11.8 Å². The number of benzene rings is 4. The molecule has 0 saturated carbocycles. The van der Waals surface area contributed by atoms with E-state index in [1.54, 1.807) is 11.8 Å². The molecule has 0 amide bonds. The van der Waals surface area contributed by atoms with E-state index in [0.29, 0.717) is 6.54 Å². The average molecular weight is 385 g/mol. The Morgan fingerprint density at radius 1 is 0.750 bits per heavy atom. The largest absolute Gasteiger partial charge is 0.365 e. The third-order valence-corrected chi connectivity index (χ3v) is 5.85. The molecule has 0 aliphatic carbocycles. The van der Waals surface area contributed by atoms with Crippen LogP contribution in [0.15, 0.2) is 89.9 Å². The van der Waals surface area contributed by atoms with Gasteiger partial charge in [-0.3, -0.25) is 4.99 Å². The van der Waals surface area contributed by atoms with Crippen LogP contribution in [-0.2, 0) is 12.3 Å². The molecular formula is C25H24N2S. The second kappa shape index (κ2) is 8.94. The van der Waals surface area contributed by atoms with Gasteiger partial charge >= 0.3 is 0 Å². The van der Waals surface area contributed by atoms with Crippen molar-refractivity contribution in [3.8, 4) is 0 Å². The van der Waals surface area contributed by atoms with Gasteiger partial charge in [-0.15, -0.1) is 0 Å². The predicted octanol–water partition coefficient (Wildman–Crippen LogP) is 6.39. The van der Waals surface area contributed by atoms with Crippen molar-refractivity contribution in [2.24, 2.45) is 4.99 Å². The molecule has 0 heterocycles. The average Bonchev–Trinajstić information content (AvgIpc) is 2.75. The molecule has 2 nitrogen and oxygen atoms in total. The van der Waals surface area contributed by atoms with E-state index < -0.39 is 0 Å². The lowest BCUT2D eigenvalue weighted by Gasteiger charge is -2.10. The summed E-state index contributed by atoms with van der Waals surface area (Å²) in [5.41, 5.74) is 2.61. The minimum Gasteiger partial charge on any atom is -0.365 e. The summed E-state index contributed by atoms with van der Waals surface area (Å²) in [6.45, 7) is 3.68. The second-order valence-corrected chi connectivity index (χ2v) is 7.68. The quantitative estimate of drug-likeness (QED) is 0.318. The first-order chi connectivity index (χ1) is 13.8. The zero-order valence-corrected chi connectivity index (χ0v) is 16.9. The van der Waals surface area contributed by atoms with Gasteiger partial charge in [-0.2, -0.15) is 0 Å². The van der Waals surface area contributed by atoms with Gasteiger partial charge in [-0.1, -0.05) is 96.7 Å². The van der Waals surface area contributed by atoms with Crippen molar-refractivity contribution in [2.75, 3.05) is 6.54 Å². The zero-order valence-electron chi connectivity index (χ0n) is 16.1. The topological polar surface area (TPSA) is 24.4 Å². The van der Waals surface area contributed by atoms with Crippen LogP contribution in [-0.4, -0.2) is 11.7 Å². The van der Waals surface area contributed by atoms with Crippen LogP contribution in [0.4, 0.5) is 0 Å². The summed E-state index contributed by atoms with van der Waals surface area (Å²) in [6.07, 6.45) is 0. The van der Waals surface area contributed by atoms with Crippen LogP contribution in [0.5, 0.6) is 0 Å². The fourth-order valence-corrected chi connectivity index (χ4v) is 4.40. The molecule has 0 aliphatic heterocycles. The lowest BCUT2D eigenvalue weighted by Crippen LogP contribution is -2.20. The molecule has 0 aromatic heterocycles. The Bertz CT molecular complexity index is 1110. The number of rotatable bonds is 5. The summed E-state index contributed by atoms with van der Waals surface area (Å²) in [4.78, 5) is 4.90. The van der Waals surface area contributed by atoms with Gasteiger partial charge < -0.3 is 5.32 Å². The minimum atomic E-state index is 0.687. The Kier molecular flexibility index (Phi) is 5.93. The molecule has 28 heavy (non-hydrogen) atoms. The lowest BCUT2D eigenvalue weighted by molar-refractivity contribution is 0.957. The van der Waals surface area contributed by atoms with Crippen molar-refractivity contribution >= 4 is 38.5 Å².